The normalized spacial score (nSPS) is 20.6. The molecule has 1 aromatic carbocycles. The Hall–Kier alpha value is -2.03. The van der Waals surface area contributed by atoms with Gasteiger partial charge in [-0.2, -0.15) is 0 Å². The minimum Gasteiger partial charge on any atom is -0.340 e. The van der Waals surface area contributed by atoms with Crippen molar-refractivity contribution in [3.8, 4) is 0 Å². The van der Waals surface area contributed by atoms with Gasteiger partial charge in [0, 0.05) is 31.4 Å². The molecule has 10 heteroatoms. The predicted octanol–water partition coefficient (Wildman–Crippen LogP) is 4.27. The smallest absolute Gasteiger partial charge is 0.207 e. The molecule has 5 nitrogen and oxygen atoms in total. The van der Waals surface area contributed by atoms with Crippen LogP contribution in [0.15, 0.2) is 30.5 Å². The van der Waals surface area contributed by atoms with E-state index in [0.29, 0.717) is 34.2 Å². The maximum atomic E-state index is 14.0. The van der Waals surface area contributed by atoms with Crippen molar-refractivity contribution in [3.63, 3.8) is 0 Å². The summed E-state index contributed by atoms with van der Waals surface area (Å²) in [4.78, 5) is 10.7. The lowest BCUT2D eigenvalue weighted by molar-refractivity contribution is 0.243. The Kier molecular flexibility index (Phi) is 6.26. The average Bonchev–Trinajstić information content (AvgIpc) is 3.02. The van der Waals surface area contributed by atoms with Crippen LogP contribution in [0.4, 0.5) is 19.1 Å². The molecule has 1 fully saturated rings. The predicted molar refractivity (Wildman–Crippen MR) is 110 cm³/mol. The molecule has 1 saturated heterocycles. The molecular weight excluding hydrogens is 426 g/mol. The van der Waals surface area contributed by atoms with E-state index in [4.69, 9.17) is 17.3 Å². The number of halogens is 5. The van der Waals surface area contributed by atoms with E-state index in [1.807, 2.05) is 11.8 Å². The van der Waals surface area contributed by atoms with Gasteiger partial charge in [-0.1, -0.05) is 11.6 Å². The van der Waals surface area contributed by atoms with Crippen LogP contribution in [0.25, 0.3) is 11.0 Å². The number of fused-ring (bicyclic) bond motifs is 1. The number of anilines is 1. The van der Waals surface area contributed by atoms with Crippen LogP contribution in [0.3, 0.4) is 0 Å². The molecule has 3 atom stereocenters. The number of hydrogen-bond acceptors (Lipinski definition) is 4. The van der Waals surface area contributed by atoms with Crippen LogP contribution in [0.1, 0.15) is 25.1 Å². The van der Waals surface area contributed by atoms with Gasteiger partial charge >= 0.3 is 0 Å². The molecule has 1 aliphatic rings. The maximum Gasteiger partial charge on any atom is 0.207 e. The number of imidazole rings is 1. The summed E-state index contributed by atoms with van der Waals surface area (Å²) in [6.45, 7) is 2.55. The molecule has 0 amide bonds. The van der Waals surface area contributed by atoms with Crippen molar-refractivity contribution in [2.24, 2.45) is 5.73 Å². The number of nitrogens with two attached hydrogens (primary N) is 1. The lowest BCUT2D eigenvalue weighted by Gasteiger charge is -2.34. The number of benzene rings is 1. The molecule has 3 heterocycles. The third-order valence-electron chi connectivity index (χ3n) is 5.13. The van der Waals surface area contributed by atoms with E-state index in [-0.39, 0.29) is 31.4 Å². The Morgan fingerprint density at radius 1 is 1.24 bits per heavy atom. The second kappa shape index (κ2) is 8.38. The number of nitrogens with zero attached hydrogens (tertiary/aromatic N) is 4. The zero-order valence-corrected chi connectivity index (χ0v) is 17.1. The molecule has 0 radical (unpaired) electrons. The van der Waals surface area contributed by atoms with E-state index in [0.717, 1.165) is 12.1 Å². The third kappa shape index (κ3) is 4.01. The van der Waals surface area contributed by atoms with Crippen molar-refractivity contribution in [3.05, 3.63) is 52.8 Å². The fraction of sp³-hybridized carbons (Fsp3) is 0.368. The number of aromatic nitrogens is 3. The number of hydrogen-bond donors (Lipinski definition) is 1. The van der Waals surface area contributed by atoms with Crippen molar-refractivity contribution < 1.29 is 13.2 Å². The lowest BCUT2D eigenvalue weighted by Crippen LogP contribution is -2.50. The van der Waals surface area contributed by atoms with Gasteiger partial charge in [0.25, 0.3) is 0 Å². The molecule has 156 valence electrons. The SMILES string of the molecule is CC(c1ccc(Cl)cn1)n1c(N2CCC(F)C(N)C2)nc2cc(F)c(F)cc21.Cl. The van der Waals surface area contributed by atoms with Gasteiger partial charge in [-0.15, -0.1) is 12.4 Å². The topological polar surface area (TPSA) is 60.0 Å². The van der Waals surface area contributed by atoms with Gasteiger partial charge in [0.1, 0.15) is 6.17 Å². The highest BCUT2D eigenvalue weighted by molar-refractivity contribution is 6.30. The molecule has 0 aliphatic carbocycles. The van der Waals surface area contributed by atoms with Crippen molar-refractivity contribution in [1.82, 2.24) is 14.5 Å². The van der Waals surface area contributed by atoms with E-state index >= 15 is 0 Å². The highest BCUT2D eigenvalue weighted by Crippen LogP contribution is 2.32. The summed E-state index contributed by atoms with van der Waals surface area (Å²) in [5, 5.41) is 0.496. The van der Waals surface area contributed by atoms with E-state index in [9.17, 15) is 13.2 Å². The summed E-state index contributed by atoms with van der Waals surface area (Å²) in [5.74, 6) is -1.46. The molecule has 4 rings (SSSR count). The van der Waals surface area contributed by atoms with Crippen LogP contribution in [-0.4, -0.2) is 39.8 Å². The molecule has 2 aromatic heterocycles. The fourth-order valence-corrected chi connectivity index (χ4v) is 3.70. The Labute approximate surface area is 177 Å². The second-order valence-corrected chi connectivity index (χ2v) is 7.47. The first-order chi connectivity index (χ1) is 13.3. The first-order valence-electron chi connectivity index (χ1n) is 8.98. The molecule has 3 unspecified atom stereocenters. The van der Waals surface area contributed by atoms with E-state index in [2.05, 4.69) is 9.97 Å². The van der Waals surface area contributed by atoms with Crippen molar-refractivity contribution in [2.75, 3.05) is 18.0 Å². The van der Waals surface area contributed by atoms with Gasteiger partial charge in [-0.25, -0.2) is 18.2 Å². The quantitative estimate of drug-likeness (QED) is 0.653. The molecule has 0 bridgehead atoms. The minimum atomic E-state index is -1.08. The van der Waals surface area contributed by atoms with Crippen LogP contribution < -0.4 is 10.6 Å². The second-order valence-electron chi connectivity index (χ2n) is 7.03. The average molecular weight is 446 g/mol. The first-order valence-corrected chi connectivity index (χ1v) is 9.36. The van der Waals surface area contributed by atoms with E-state index < -0.39 is 23.8 Å². The Balaban J connectivity index is 0.00000240. The lowest BCUT2D eigenvalue weighted by atomic mass is 10.1. The minimum absolute atomic E-state index is 0. The summed E-state index contributed by atoms with van der Waals surface area (Å²) < 4.78 is 43.4. The zero-order chi connectivity index (χ0) is 20.0. The number of piperidine rings is 1. The highest BCUT2D eigenvalue weighted by Gasteiger charge is 2.31. The molecule has 0 saturated carbocycles. The number of rotatable bonds is 3. The molecule has 29 heavy (non-hydrogen) atoms. The van der Waals surface area contributed by atoms with Crippen molar-refractivity contribution in [1.29, 1.82) is 0 Å². The van der Waals surface area contributed by atoms with E-state index in [1.54, 1.807) is 16.7 Å². The van der Waals surface area contributed by atoms with Crippen LogP contribution in [0.5, 0.6) is 0 Å². The van der Waals surface area contributed by atoms with Gasteiger partial charge in [-0.05, 0) is 25.5 Å². The van der Waals surface area contributed by atoms with Crippen molar-refractivity contribution >= 4 is 41.0 Å². The monoisotopic (exact) mass is 445 g/mol. The van der Waals surface area contributed by atoms with Gasteiger partial charge in [0.2, 0.25) is 5.95 Å². The van der Waals surface area contributed by atoms with E-state index in [1.165, 1.54) is 6.20 Å². The maximum absolute atomic E-state index is 14.0. The number of pyridine rings is 1. The Morgan fingerprint density at radius 2 is 1.97 bits per heavy atom. The summed E-state index contributed by atoms with van der Waals surface area (Å²) in [5.41, 5.74) is 7.32. The summed E-state index contributed by atoms with van der Waals surface area (Å²) in [6, 6.07) is 4.66. The molecular formula is C19H20Cl2F3N5. The largest absolute Gasteiger partial charge is 0.340 e. The summed E-state index contributed by atoms with van der Waals surface area (Å²) >= 11 is 5.93. The van der Waals surface area contributed by atoms with Gasteiger partial charge in [-0.3, -0.25) is 4.98 Å². The Bertz CT molecular complexity index is 1010. The van der Waals surface area contributed by atoms with Gasteiger partial charge in [0.05, 0.1) is 33.8 Å². The van der Waals surface area contributed by atoms with Crippen LogP contribution in [0, 0.1) is 11.6 Å². The Morgan fingerprint density at radius 3 is 2.62 bits per heavy atom. The fourth-order valence-electron chi connectivity index (χ4n) is 3.58. The molecule has 2 N–H and O–H groups in total. The van der Waals surface area contributed by atoms with Gasteiger partial charge < -0.3 is 15.2 Å². The molecule has 0 spiro atoms. The summed E-state index contributed by atoms with van der Waals surface area (Å²) in [7, 11) is 0. The van der Waals surface area contributed by atoms with Crippen LogP contribution in [0.2, 0.25) is 5.02 Å². The van der Waals surface area contributed by atoms with Crippen LogP contribution in [-0.2, 0) is 0 Å². The first kappa shape index (κ1) is 21.7. The van der Waals surface area contributed by atoms with Crippen molar-refractivity contribution in [2.45, 2.75) is 31.6 Å². The highest BCUT2D eigenvalue weighted by atomic mass is 35.5. The molecule has 3 aromatic rings. The van der Waals surface area contributed by atoms with Crippen LogP contribution >= 0.6 is 24.0 Å². The third-order valence-corrected chi connectivity index (χ3v) is 5.36. The van der Waals surface area contributed by atoms with Gasteiger partial charge in [0.15, 0.2) is 11.6 Å². The standard InChI is InChI=1S/C19H19ClF3N5.ClH/c1-10(16-3-2-11(20)8-25-16)28-18-7-14(23)13(22)6-17(18)26-19(28)27-5-4-12(21)15(24)9-27;/h2-3,6-8,10,12,15H,4-5,9,24H2,1H3;1H. The zero-order valence-electron chi connectivity index (χ0n) is 15.5. The molecule has 1 aliphatic heterocycles. The number of alkyl halides is 1. The summed E-state index contributed by atoms with van der Waals surface area (Å²) in [6.07, 6.45) is 0.705.